The first-order valence-electron chi connectivity index (χ1n) is 4.51. The van der Waals surface area contributed by atoms with E-state index in [9.17, 15) is 8.78 Å². The van der Waals surface area contributed by atoms with Crippen molar-refractivity contribution in [3.05, 3.63) is 47.0 Å². The fraction of sp³-hybridized carbons (Fsp3) is 0.273. The average Bonchev–Trinajstić information content (AvgIpc) is 2.12. The molecule has 1 rings (SSSR count). The van der Waals surface area contributed by atoms with Crippen molar-refractivity contribution in [2.75, 3.05) is 6.54 Å². The van der Waals surface area contributed by atoms with Crippen molar-refractivity contribution in [1.82, 2.24) is 5.32 Å². The molecule has 0 amide bonds. The number of rotatable bonds is 4. The van der Waals surface area contributed by atoms with Gasteiger partial charge in [0.05, 0.1) is 0 Å². The molecule has 4 heteroatoms. The highest BCUT2D eigenvalue weighted by atomic mass is 35.5. The summed E-state index contributed by atoms with van der Waals surface area (Å²) < 4.78 is 25.8. The van der Waals surface area contributed by atoms with Crippen LogP contribution in [0.2, 0.25) is 0 Å². The van der Waals surface area contributed by atoms with Crippen molar-refractivity contribution in [2.45, 2.75) is 13.0 Å². The SMILES string of the molecule is C=C(Cl)CNC(C)c1cc(F)cc(F)c1. The molecule has 0 aliphatic heterocycles. The van der Waals surface area contributed by atoms with Crippen LogP contribution < -0.4 is 5.32 Å². The standard InChI is InChI=1S/C11H12ClF2N/c1-7(12)6-15-8(2)9-3-10(13)5-11(14)4-9/h3-5,8,15H,1,6H2,2H3. The van der Waals surface area contributed by atoms with Gasteiger partial charge in [-0.3, -0.25) is 0 Å². The Morgan fingerprint density at radius 3 is 2.40 bits per heavy atom. The Morgan fingerprint density at radius 2 is 1.93 bits per heavy atom. The Bertz CT molecular complexity index is 345. The van der Waals surface area contributed by atoms with Crippen LogP contribution in [0.4, 0.5) is 8.78 Å². The van der Waals surface area contributed by atoms with Crippen LogP contribution in [-0.4, -0.2) is 6.54 Å². The molecule has 0 radical (unpaired) electrons. The molecule has 0 aliphatic rings. The summed E-state index contributed by atoms with van der Waals surface area (Å²) in [5.41, 5.74) is 0.547. The Labute approximate surface area is 92.8 Å². The maximum absolute atomic E-state index is 12.9. The third-order valence-corrected chi connectivity index (χ3v) is 2.12. The third-order valence-electron chi connectivity index (χ3n) is 1.98. The van der Waals surface area contributed by atoms with E-state index in [0.717, 1.165) is 6.07 Å². The Hall–Kier alpha value is -0.930. The molecular weight excluding hydrogens is 220 g/mol. The first-order valence-corrected chi connectivity index (χ1v) is 4.89. The van der Waals surface area contributed by atoms with Crippen LogP contribution in [-0.2, 0) is 0 Å². The lowest BCUT2D eigenvalue weighted by molar-refractivity contribution is 0.560. The molecule has 1 nitrogen and oxygen atoms in total. The zero-order valence-corrected chi connectivity index (χ0v) is 9.11. The molecule has 1 aromatic carbocycles. The minimum atomic E-state index is -0.580. The highest BCUT2D eigenvalue weighted by Gasteiger charge is 2.07. The van der Waals surface area contributed by atoms with Crippen molar-refractivity contribution >= 4 is 11.6 Å². The van der Waals surface area contributed by atoms with Gasteiger partial charge in [-0.2, -0.15) is 0 Å². The van der Waals surface area contributed by atoms with Crippen molar-refractivity contribution < 1.29 is 8.78 Å². The van der Waals surface area contributed by atoms with Crippen molar-refractivity contribution in [2.24, 2.45) is 0 Å². The van der Waals surface area contributed by atoms with Gasteiger partial charge in [-0.15, -0.1) is 0 Å². The van der Waals surface area contributed by atoms with Crippen molar-refractivity contribution in [3.8, 4) is 0 Å². The van der Waals surface area contributed by atoms with Crippen LogP contribution in [0.5, 0.6) is 0 Å². The number of hydrogen-bond acceptors (Lipinski definition) is 1. The number of nitrogens with one attached hydrogen (secondary N) is 1. The van der Waals surface area contributed by atoms with Gasteiger partial charge in [-0.1, -0.05) is 18.2 Å². The predicted molar refractivity (Wildman–Crippen MR) is 57.8 cm³/mol. The molecule has 0 aliphatic carbocycles. The molecule has 82 valence electrons. The zero-order chi connectivity index (χ0) is 11.4. The predicted octanol–water partition coefficient (Wildman–Crippen LogP) is 3.37. The molecule has 0 spiro atoms. The van der Waals surface area contributed by atoms with E-state index in [-0.39, 0.29) is 6.04 Å². The summed E-state index contributed by atoms with van der Waals surface area (Å²) in [7, 11) is 0. The Morgan fingerprint density at radius 1 is 1.40 bits per heavy atom. The molecule has 0 heterocycles. The summed E-state index contributed by atoms with van der Waals surface area (Å²) in [6.07, 6.45) is 0. The van der Waals surface area contributed by atoms with Gasteiger partial charge >= 0.3 is 0 Å². The smallest absolute Gasteiger partial charge is 0.126 e. The molecule has 1 unspecified atom stereocenters. The zero-order valence-electron chi connectivity index (χ0n) is 8.36. The minimum absolute atomic E-state index is 0.175. The second kappa shape index (κ2) is 5.24. The topological polar surface area (TPSA) is 12.0 Å². The van der Waals surface area contributed by atoms with E-state index in [1.54, 1.807) is 6.92 Å². The van der Waals surface area contributed by atoms with Gasteiger partial charge in [0.15, 0.2) is 0 Å². The summed E-state index contributed by atoms with van der Waals surface area (Å²) in [5, 5.41) is 3.45. The molecular formula is C11H12ClF2N. The molecule has 0 saturated heterocycles. The quantitative estimate of drug-likeness (QED) is 0.838. The Balaban J connectivity index is 2.72. The molecule has 0 bridgehead atoms. The van der Waals surface area contributed by atoms with Gasteiger partial charge in [-0.25, -0.2) is 8.78 Å². The van der Waals surface area contributed by atoms with Crippen LogP contribution in [0.1, 0.15) is 18.5 Å². The summed E-state index contributed by atoms with van der Waals surface area (Å²) in [6.45, 7) is 5.71. The van der Waals surface area contributed by atoms with E-state index in [0.29, 0.717) is 17.1 Å². The van der Waals surface area contributed by atoms with E-state index >= 15 is 0 Å². The number of halogens is 3. The highest BCUT2D eigenvalue weighted by Crippen LogP contribution is 2.16. The Kier molecular flexibility index (Phi) is 4.24. The van der Waals surface area contributed by atoms with Gasteiger partial charge in [-0.05, 0) is 24.6 Å². The van der Waals surface area contributed by atoms with E-state index < -0.39 is 11.6 Å². The van der Waals surface area contributed by atoms with E-state index in [1.807, 2.05) is 0 Å². The normalized spacial score (nSPS) is 12.5. The molecule has 1 N–H and O–H groups in total. The summed E-state index contributed by atoms with van der Waals surface area (Å²) in [4.78, 5) is 0. The highest BCUT2D eigenvalue weighted by molar-refractivity contribution is 6.29. The van der Waals surface area contributed by atoms with Gasteiger partial charge in [0.2, 0.25) is 0 Å². The van der Waals surface area contributed by atoms with E-state index in [4.69, 9.17) is 11.6 Å². The van der Waals surface area contributed by atoms with Gasteiger partial charge in [0.25, 0.3) is 0 Å². The second-order valence-corrected chi connectivity index (χ2v) is 3.86. The maximum Gasteiger partial charge on any atom is 0.126 e. The van der Waals surface area contributed by atoms with Gasteiger partial charge in [0.1, 0.15) is 11.6 Å². The molecule has 1 aromatic rings. The fourth-order valence-electron chi connectivity index (χ4n) is 1.21. The van der Waals surface area contributed by atoms with Crippen LogP contribution in [0.3, 0.4) is 0 Å². The van der Waals surface area contributed by atoms with E-state index in [1.165, 1.54) is 12.1 Å². The third kappa shape index (κ3) is 3.98. The minimum Gasteiger partial charge on any atom is -0.305 e. The molecule has 15 heavy (non-hydrogen) atoms. The van der Waals surface area contributed by atoms with E-state index in [2.05, 4.69) is 11.9 Å². The van der Waals surface area contributed by atoms with Crippen LogP contribution in [0, 0.1) is 11.6 Å². The van der Waals surface area contributed by atoms with Crippen molar-refractivity contribution in [3.63, 3.8) is 0 Å². The summed E-state index contributed by atoms with van der Waals surface area (Å²) in [5.74, 6) is -1.16. The molecule has 0 aromatic heterocycles. The molecule has 0 fully saturated rings. The average molecular weight is 232 g/mol. The lowest BCUT2D eigenvalue weighted by atomic mass is 10.1. The summed E-state index contributed by atoms with van der Waals surface area (Å²) in [6, 6.07) is 3.25. The van der Waals surface area contributed by atoms with Crippen LogP contribution >= 0.6 is 11.6 Å². The number of hydrogen-bond donors (Lipinski definition) is 1. The molecule has 1 atom stereocenters. The first kappa shape index (κ1) is 12.1. The summed E-state index contributed by atoms with van der Waals surface area (Å²) >= 11 is 5.57. The largest absolute Gasteiger partial charge is 0.305 e. The monoisotopic (exact) mass is 231 g/mol. The van der Waals surface area contributed by atoms with Gasteiger partial charge < -0.3 is 5.32 Å². The lowest BCUT2D eigenvalue weighted by Gasteiger charge is -2.13. The van der Waals surface area contributed by atoms with Crippen LogP contribution in [0.15, 0.2) is 29.8 Å². The lowest BCUT2D eigenvalue weighted by Crippen LogP contribution is -2.20. The van der Waals surface area contributed by atoms with Crippen molar-refractivity contribution in [1.29, 1.82) is 0 Å². The maximum atomic E-state index is 12.9. The second-order valence-electron chi connectivity index (χ2n) is 3.32. The van der Waals surface area contributed by atoms with Crippen LogP contribution in [0.25, 0.3) is 0 Å². The number of benzene rings is 1. The van der Waals surface area contributed by atoms with Gasteiger partial charge in [0, 0.05) is 23.7 Å². The fourth-order valence-corrected chi connectivity index (χ4v) is 1.28. The molecule has 0 saturated carbocycles. The first-order chi connectivity index (χ1) is 6.99.